The van der Waals surface area contributed by atoms with Crippen molar-refractivity contribution in [2.75, 3.05) is 5.73 Å². The van der Waals surface area contributed by atoms with Crippen molar-refractivity contribution in [3.05, 3.63) is 28.7 Å². The Labute approximate surface area is 112 Å². The van der Waals surface area contributed by atoms with Crippen LogP contribution in [0.1, 0.15) is 0 Å². The third kappa shape index (κ3) is 2.80. The summed E-state index contributed by atoms with van der Waals surface area (Å²) in [6, 6.07) is 4.32. The van der Waals surface area contributed by atoms with Crippen LogP contribution in [0, 0.1) is 0 Å². The third-order valence-electron chi connectivity index (χ3n) is 2.34. The third-order valence-corrected chi connectivity index (χ3v) is 4.36. The first kappa shape index (κ1) is 13.6. The second kappa shape index (κ2) is 4.72. The number of H-pyrrole nitrogens is 1. The van der Waals surface area contributed by atoms with Crippen molar-refractivity contribution in [1.29, 1.82) is 0 Å². The molecule has 2 rings (SSSR count). The molecule has 0 saturated carbocycles. The lowest BCUT2D eigenvalue weighted by Gasteiger charge is -2.05. The van der Waals surface area contributed by atoms with Crippen molar-refractivity contribution in [2.24, 2.45) is 12.2 Å². The quantitative estimate of drug-likeness (QED) is 0.653. The van der Waals surface area contributed by atoms with Gasteiger partial charge < -0.3 is 5.73 Å². The van der Waals surface area contributed by atoms with E-state index in [2.05, 4.69) is 10.2 Å². The molecule has 19 heavy (non-hydrogen) atoms. The standard InChI is InChI=1S/C9H11N5O3S2/c1-14-8(15)12-13-9(14)18-5-2-3-7(6(10)4-5)19(11,16)17/h2-4H,10H2,1H3,(H,12,15)(H2,11,16,17). The number of primary sulfonamides is 1. The van der Waals surface area contributed by atoms with Crippen molar-refractivity contribution in [3.63, 3.8) is 0 Å². The van der Waals surface area contributed by atoms with E-state index in [-0.39, 0.29) is 16.3 Å². The van der Waals surface area contributed by atoms with Crippen molar-refractivity contribution in [1.82, 2.24) is 14.8 Å². The van der Waals surface area contributed by atoms with Crippen LogP contribution in [-0.2, 0) is 17.1 Å². The smallest absolute Gasteiger partial charge is 0.343 e. The molecule has 1 heterocycles. The van der Waals surface area contributed by atoms with Gasteiger partial charge in [0, 0.05) is 11.9 Å². The average Bonchev–Trinajstić information content (AvgIpc) is 2.59. The number of nitrogen functional groups attached to an aromatic ring is 1. The van der Waals surface area contributed by atoms with Crippen LogP contribution in [0.25, 0.3) is 0 Å². The second-order valence-corrected chi connectivity index (χ2v) is 6.29. The van der Waals surface area contributed by atoms with Gasteiger partial charge in [0.05, 0.1) is 5.69 Å². The van der Waals surface area contributed by atoms with Crippen LogP contribution in [0.15, 0.2) is 37.9 Å². The van der Waals surface area contributed by atoms with Gasteiger partial charge in [-0.15, -0.1) is 5.10 Å². The predicted molar refractivity (Wildman–Crippen MR) is 70.2 cm³/mol. The van der Waals surface area contributed by atoms with E-state index in [0.717, 1.165) is 0 Å². The zero-order valence-electron chi connectivity index (χ0n) is 9.82. The predicted octanol–water partition coefficient (Wildman–Crippen LogP) is -0.511. The van der Waals surface area contributed by atoms with Crippen molar-refractivity contribution in [3.8, 4) is 0 Å². The number of rotatable bonds is 3. The van der Waals surface area contributed by atoms with Crippen LogP contribution in [0.3, 0.4) is 0 Å². The SMILES string of the molecule is Cn1c(Sc2ccc(S(N)(=O)=O)c(N)c2)n[nH]c1=O. The van der Waals surface area contributed by atoms with E-state index in [4.69, 9.17) is 10.9 Å². The maximum atomic E-state index is 11.2. The lowest BCUT2D eigenvalue weighted by molar-refractivity contribution is 0.598. The van der Waals surface area contributed by atoms with E-state index in [0.29, 0.717) is 10.1 Å². The molecule has 0 aliphatic rings. The minimum atomic E-state index is -3.84. The fraction of sp³-hybridized carbons (Fsp3) is 0.111. The molecule has 8 nitrogen and oxygen atoms in total. The van der Waals surface area contributed by atoms with E-state index in [1.165, 1.54) is 28.5 Å². The van der Waals surface area contributed by atoms with Gasteiger partial charge >= 0.3 is 5.69 Å². The number of anilines is 1. The van der Waals surface area contributed by atoms with E-state index >= 15 is 0 Å². The van der Waals surface area contributed by atoms with Crippen LogP contribution in [-0.4, -0.2) is 23.2 Å². The highest BCUT2D eigenvalue weighted by Gasteiger charge is 2.13. The van der Waals surface area contributed by atoms with Gasteiger partial charge in [-0.2, -0.15) is 0 Å². The molecule has 102 valence electrons. The second-order valence-electron chi connectivity index (χ2n) is 3.72. The lowest BCUT2D eigenvalue weighted by atomic mass is 10.3. The summed E-state index contributed by atoms with van der Waals surface area (Å²) in [7, 11) is -2.27. The summed E-state index contributed by atoms with van der Waals surface area (Å²) in [5.74, 6) is 0. The van der Waals surface area contributed by atoms with Gasteiger partial charge in [0.2, 0.25) is 10.0 Å². The molecular weight excluding hydrogens is 290 g/mol. The van der Waals surface area contributed by atoms with Crippen LogP contribution in [0.4, 0.5) is 5.69 Å². The summed E-state index contributed by atoms with van der Waals surface area (Å²) in [5.41, 5.74) is 5.35. The van der Waals surface area contributed by atoms with Gasteiger partial charge in [-0.1, -0.05) is 0 Å². The fourth-order valence-corrected chi connectivity index (χ4v) is 2.87. The van der Waals surface area contributed by atoms with E-state index in [9.17, 15) is 13.2 Å². The number of aromatic nitrogens is 3. The van der Waals surface area contributed by atoms with Crippen LogP contribution in [0.5, 0.6) is 0 Å². The largest absolute Gasteiger partial charge is 0.398 e. The zero-order valence-corrected chi connectivity index (χ0v) is 11.5. The van der Waals surface area contributed by atoms with Gasteiger partial charge in [-0.3, -0.25) is 4.57 Å². The molecule has 0 atom stereocenters. The van der Waals surface area contributed by atoms with Crippen molar-refractivity contribution >= 4 is 27.5 Å². The highest BCUT2D eigenvalue weighted by Crippen LogP contribution is 2.28. The lowest BCUT2D eigenvalue weighted by Crippen LogP contribution is -2.14. The molecule has 1 aromatic carbocycles. The van der Waals surface area contributed by atoms with E-state index in [1.54, 1.807) is 13.1 Å². The molecule has 0 fully saturated rings. The van der Waals surface area contributed by atoms with Gasteiger partial charge in [0.25, 0.3) is 0 Å². The molecule has 5 N–H and O–H groups in total. The first-order valence-corrected chi connectivity index (χ1v) is 7.37. The van der Waals surface area contributed by atoms with Crippen LogP contribution < -0.4 is 16.6 Å². The minimum absolute atomic E-state index is 0.0491. The number of nitrogens with zero attached hydrogens (tertiary/aromatic N) is 2. The maximum Gasteiger partial charge on any atom is 0.343 e. The topological polar surface area (TPSA) is 137 Å². The molecule has 0 aliphatic heterocycles. The number of aromatic amines is 1. The molecule has 0 amide bonds. The first-order chi connectivity index (χ1) is 8.79. The Kier molecular flexibility index (Phi) is 3.39. The van der Waals surface area contributed by atoms with E-state index < -0.39 is 10.0 Å². The van der Waals surface area contributed by atoms with Crippen molar-refractivity contribution in [2.45, 2.75) is 14.9 Å². The molecule has 1 aromatic heterocycles. The monoisotopic (exact) mass is 301 g/mol. The van der Waals surface area contributed by atoms with Gasteiger partial charge in [-0.25, -0.2) is 23.4 Å². The summed E-state index contributed by atoms with van der Waals surface area (Å²) < 4.78 is 23.7. The highest BCUT2D eigenvalue weighted by atomic mass is 32.2. The fourth-order valence-electron chi connectivity index (χ4n) is 1.38. The number of hydrogen-bond donors (Lipinski definition) is 3. The summed E-state index contributed by atoms with van der Waals surface area (Å²) in [4.78, 5) is 11.7. The summed E-state index contributed by atoms with van der Waals surface area (Å²) in [5, 5.41) is 11.6. The summed E-state index contributed by atoms with van der Waals surface area (Å²) in [6.07, 6.45) is 0. The Bertz CT molecular complexity index is 777. The van der Waals surface area contributed by atoms with Crippen LogP contribution >= 0.6 is 11.8 Å². The number of benzene rings is 1. The van der Waals surface area contributed by atoms with Crippen LogP contribution in [0.2, 0.25) is 0 Å². The zero-order chi connectivity index (χ0) is 14.2. The molecular formula is C9H11N5O3S2. The molecule has 0 bridgehead atoms. The Morgan fingerprint density at radius 2 is 2.11 bits per heavy atom. The Hall–Kier alpha value is -1.78. The maximum absolute atomic E-state index is 11.2. The Morgan fingerprint density at radius 1 is 1.42 bits per heavy atom. The molecule has 2 aromatic rings. The van der Waals surface area contributed by atoms with Gasteiger partial charge in [-0.05, 0) is 30.0 Å². The highest BCUT2D eigenvalue weighted by molar-refractivity contribution is 7.99. The molecule has 10 heteroatoms. The molecule has 0 unspecified atom stereocenters. The number of nitrogens with two attached hydrogens (primary N) is 2. The Balaban J connectivity index is 2.36. The first-order valence-electron chi connectivity index (χ1n) is 5.00. The normalized spacial score (nSPS) is 11.7. The molecule has 0 radical (unpaired) electrons. The summed E-state index contributed by atoms with van der Waals surface area (Å²) >= 11 is 1.17. The summed E-state index contributed by atoms with van der Waals surface area (Å²) in [6.45, 7) is 0. The molecule has 0 saturated heterocycles. The van der Waals surface area contributed by atoms with Gasteiger partial charge in [0.1, 0.15) is 4.90 Å². The van der Waals surface area contributed by atoms with E-state index in [1.807, 2.05) is 0 Å². The molecule has 0 spiro atoms. The number of sulfonamides is 1. The number of nitrogens with one attached hydrogen (secondary N) is 1. The van der Waals surface area contributed by atoms with Gasteiger partial charge in [0.15, 0.2) is 5.16 Å². The van der Waals surface area contributed by atoms with Crippen molar-refractivity contribution < 1.29 is 8.42 Å². The number of hydrogen-bond acceptors (Lipinski definition) is 6. The minimum Gasteiger partial charge on any atom is -0.398 e. The molecule has 0 aliphatic carbocycles. The Morgan fingerprint density at radius 3 is 2.58 bits per heavy atom. The average molecular weight is 301 g/mol.